The second-order valence-electron chi connectivity index (χ2n) is 5.44. The first-order chi connectivity index (χ1) is 10.3. The van der Waals surface area contributed by atoms with E-state index >= 15 is 0 Å². The number of rotatable bonds is 2. The number of aldehydes is 1. The molecule has 0 aromatic carbocycles. The fraction of sp³-hybridized carbons (Fsp3) is 0.706. The van der Waals surface area contributed by atoms with Crippen LogP contribution in [0, 0.1) is 0 Å². The highest BCUT2D eigenvalue weighted by Crippen LogP contribution is 2.15. The predicted molar refractivity (Wildman–Crippen MR) is 87.7 cm³/mol. The Morgan fingerprint density at radius 1 is 1.00 bits per heavy atom. The first-order valence-electron chi connectivity index (χ1n) is 8.27. The van der Waals surface area contributed by atoms with Crippen LogP contribution in [0.2, 0.25) is 0 Å². The summed E-state index contributed by atoms with van der Waals surface area (Å²) in [6.45, 7) is 5.80. The first kappa shape index (κ1) is 17.6. The van der Waals surface area contributed by atoms with Gasteiger partial charge in [-0.1, -0.05) is 32.6 Å². The van der Waals surface area contributed by atoms with Crippen LogP contribution in [0.4, 0.5) is 5.95 Å². The summed E-state index contributed by atoms with van der Waals surface area (Å²) in [5, 5.41) is 0. The monoisotopic (exact) mass is 291 g/mol. The summed E-state index contributed by atoms with van der Waals surface area (Å²) in [5.74, 6) is 0.905. The molecule has 1 aromatic heterocycles. The van der Waals surface area contributed by atoms with Crippen molar-refractivity contribution in [2.24, 2.45) is 0 Å². The van der Waals surface area contributed by atoms with Crippen molar-refractivity contribution in [3.05, 3.63) is 18.0 Å². The summed E-state index contributed by atoms with van der Waals surface area (Å²) in [7, 11) is 0. The van der Waals surface area contributed by atoms with Gasteiger partial charge in [-0.05, 0) is 38.2 Å². The Labute approximate surface area is 129 Å². The standard InChI is InChI=1S/C11H17N3.C4H8.C2H4O/c1-2-10-8-12-11(13-9-10)14-6-4-3-5-7-14;1-2-4-3-1;1-2-3/h8-9H,2-7H2,1H3;1-4H2;2H,1H3. The van der Waals surface area contributed by atoms with Crippen LogP contribution in [-0.2, 0) is 11.2 Å². The minimum atomic E-state index is 0.750. The van der Waals surface area contributed by atoms with Crippen LogP contribution in [0.15, 0.2) is 12.4 Å². The summed E-state index contributed by atoms with van der Waals surface area (Å²) in [6, 6.07) is 0. The topological polar surface area (TPSA) is 46.1 Å². The van der Waals surface area contributed by atoms with E-state index < -0.39 is 0 Å². The van der Waals surface area contributed by atoms with Crippen molar-refractivity contribution in [1.82, 2.24) is 9.97 Å². The van der Waals surface area contributed by atoms with Gasteiger partial charge in [-0.15, -0.1) is 0 Å². The lowest BCUT2D eigenvalue weighted by molar-refractivity contribution is -0.106. The molecule has 4 nitrogen and oxygen atoms in total. The Morgan fingerprint density at radius 2 is 1.43 bits per heavy atom. The van der Waals surface area contributed by atoms with Crippen LogP contribution in [-0.4, -0.2) is 29.3 Å². The van der Waals surface area contributed by atoms with Crippen molar-refractivity contribution in [3.8, 4) is 0 Å². The van der Waals surface area contributed by atoms with Gasteiger partial charge in [0.05, 0.1) is 0 Å². The van der Waals surface area contributed by atoms with Crippen molar-refractivity contribution in [2.75, 3.05) is 18.0 Å². The largest absolute Gasteiger partial charge is 0.341 e. The summed E-state index contributed by atoms with van der Waals surface area (Å²) < 4.78 is 0. The molecule has 0 unspecified atom stereocenters. The highest BCUT2D eigenvalue weighted by atomic mass is 16.1. The molecule has 2 fully saturated rings. The molecule has 1 saturated carbocycles. The van der Waals surface area contributed by atoms with Crippen LogP contribution < -0.4 is 4.90 Å². The number of nitrogens with zero attached hydrogens (tertiary/aromatic N) is 3. The fourth-order valence-corrected chi connectivity index (χ4v) is 2.04. The Hall–Kier alpha value is -1.45. The number of carbonyl (C=O) groups is 1. The normalized spacial score (nSPS) is 16.6. The molecule has 0 radical (unpaired) electrons. The van der Waals surface area contributed by atoms with Gasteiger partial charge in [0.15, 0.2) is 0 Å². The third kappa shape index (κ3) is 7.21. The summed E-state index contributed by atoms with van der Waals surface area (Å²) >= 11 is 0. The number of hydrogen-bond acceptors (Lipinski definition) is 4. The van der Waals surface area contributed by atoms with E-state index in [1.54, 1.807) is 0 Å². The summed E-state index contributed by atoms with van der Waals surface area (Å²) in [4.78, 5) is 19.9. The number of aromatic nitrogens is 2. The second kappa shape index (κ2) is 11.2. The molecule has 0 bridgehead atoms. The van der Waals surface area contributed by atoms with Gasteiger partial charge in [-0.3, -0.25) is 0 Å². The molecule has 0 amide bonds. The van der Waals surface area contributed by atoms with Gasteiger partial charge in [0.25, 0.3) is 0 Å². The zero-order valence-electron chi connectivity index (χ0n) is 13.6. The highest BCUT2D eigenvalue weighted by Gasteiger charge is 2.12. The lowest BCUT2D eigenvalue weighted by atomic mass is 10.0. The molecule has 2 heterocycles. The fourth-order valence-electron chi connectivity index (χ4n) is 2.04. The molecule has 3 rings (SSSR count). The molecule has 1 aliphatic carbocycles. The van der Waals surface area contributed by atoms with E-state index in [0.717, 1.165) is 31.7 Å². The zero-order valence-corrected chi connectivity index (χ0v) is 13.6. The SMILES string of the molecule is C1CCC1.CC=O.CCc1cnc(N2CCCCC2)nc1. The molecule has 4 heteroatoms. The van der Waals surface area contributed by atoms with Crippen LogP contribution in [0.5, 0.6) is 0 Å². The minimum Gasteiger partial charge on any atom is -0.341 e. The Morgan fingerprint density at radius 3 is 1.81 bits per heavy atom. The lowest BCUT2D eigenvalue weighted by Gasteiger charge is -2.26. The van der Waals surface area contributed by atoms with E-state index in [0.29, 0.717) is 0 Å². The van der Waals surface area contributed by atoms with Gasteiger partial charge in [-0.25, -0.2) is 9.97 Å². The second-order valence-corrected chi connectivity index (χ2v) is 5.44. The smallest absolute Gasteiger partial charge is 0.225 e. The molecule has 21 heavy (non-hydrogen) atoms. The Kier molecular flexibility index (Phi) is 9.42. The van der Waals surface area contributed by atoms with Crippen LogP contribution in [0.3, 0.4) is 0 Å². The maximum absolute atomic E-state index is 8.81. The summed E-state index contributed by atoms with van der Waals surface area (Å²) in [5.41, 5.74) is 1.21. The molecule has 1 aliphatic heterocycles. The minimum absolute atomic E-state index is 0.750. The number of aryl methyl sites for hydroxylation is 1. The summed E-state index contributed by atoms with van der Waals surface area (Å²) in [6.07, 6.45) is 15.6. The average Bonchev–Trinajstić information content (AvgIpc) is 2.47. The molecular formula is C17H29N3O. The first-order valence-corrected chi connectivity index (χ1v) is 8.27. The van der Waals surface area contributed by atoms with E-state index in [1.807, 2.05) is 12.4 Å². The van der Waals surface area contributed by atoms with E-state index in [2.05, 4.69) is 21.8 Å². The van der Waals surface area contributed by atoms with E-state index in [4.69, 9.17) is 4.79 Å². The number of piperidine rings is 1. The van der Waals surface area contributed by atoms with Crippen molar-refractivity contribution >= 4 is 12.2 Å². The van der Waals surface area contributed by atoms with Crippen molar-refractivity contribution in [2.45, 2.75) is 65.2 Å². The van der Waals surface area contributed by atoms with Gasteiger partial charge < -0.3 is 9.69 Å². The molecule has 2 aliphatic rings. The average molecular weight is 291 g/mol. The Balaban J connectivity index is 0.000000261. The number of carbonyl (C=O) groups excluding carboxylic acids is 1. The maximum Gasteiger partial charge on any atom is 0.225 e. The van der Waals surface area contributed by atoms with E-state index in [9.17, 15) is 0 Å². The molecule has 1 saturated heterocycles. The number of hydrogen-bond donors (Lipinski definition) is 0. The number of anilines is 1. The van der Waals surface area contributed by atoms with Gasteiger partial charge in [-0.2, -0.15) is 0 Å². The molecule has 1 aromatic rings. The third-order valence-corrected chi connectivity index (χ3v) is 3.74. The van der Waals surface area contributed by atoms with Crippen molar-refractivity contribution < 1.29 is 4.79 Å². The van der Waals surface area contributed by atoms with Gasteiger partial charge in [0, 0.05) is 25.5 Å². The third-order valence-electron chi connectivity index (χ3n) is 3.74. The molecule has 118 valence electrons. The quantitative estimate of drug-likeness (QED) is 0.778. The molecule has 0 spiro atoms. The lowest BCUT2D eigenvalue weighted by Crippen LogP contribution is -2.30. The molecular weight excluding hydrogens is 262 g/mol. The van der Waals surface area contributed by atoms with E-state index in [-0.39, 0.29) is 0 Å². The van der Waals surface area contributed by atoms with Gasteiger partial charge in [0.2, 0.25) is 5.95 Å². The molecule has 0 N–H and O–H groups in total. The zero-order chi connectivity index (χ0) is 15.3. The Bertz CT molecular complexity index is 364. The van der Waals surface area contributed by atoms with Crippen LogP contribution in [0.1, 0.15) is 64.4 Å². The predicted octanol–water partition coefficient (Wildman–Crippen LogP) is 3.79. The van der Waals surface area contributed by atoms with Crippen molar-refractivity contribution in [1.29, 1.82) is 0 Å². The van der Waals surface area contributed by atoms with E-state index in [1.165, 1.54) is 57.4 Å². The maximum atomic E-state index is 8.81. The highest BCUT2D eigenvalue weighted by molar-refractivity contribution is 5.44. The molecule has 0 atom stereocenters. The van der Waals surface area contributed by atoms with Gasteiger partial charge >= 0.3 is 0 Å². The van der Waals surface area contributed by atoms with Crippen LogP contribution >= 0.6 is 0 Å². The van der Waals surface area contributed by atoms with Crippen molar-refractivity contribution in [3.63, 3.8) is 0 Å². The van der Waals surface area contributed by atoms with Gasteiger partial charge in [0.1, 0.15) is 6.29 Å². The van der Waals surface area contributed by atoms with Crippen LogP contribution in [0.25, 0.3) is 0 Å².